The number of carbonyl (C=O) groups excluding carboxylic acids is 2. The van der Waals surface area contributed by atoms with Gasteiger partial charge in [0, 0.05) is 22.1 Å². The van der Waals surface area contributed by atoms with Crippen molar-refractivity contribution in [2.45, 2.75) is 44.2 Å². The highest BCUT2D eigenvalue weighted by Crippen LogP contribution is 2.08. The Balaban J connectivity index is 2.35. The second-order valence-electron chi connectivity index (χ2n) is 6.20. The van der Waals surface area contributed by atoms with Crippen molar-refractivity contribution in [1.82, 2.24) is 10.6 Å². The number of nitrogens with two attached hydrogens (primary N) is 1. The number of hydrogen-bond acceptors (Lipinski definition) is 5. The molecule has 1 aromatic rings. The highest BCUT2D eigenvalue weighted by molar-refractivity contribution is 14.1. The minimum absolute atomic E-state index is 0.0715. The van der Waals surface area contributed by atoms with E-state index in [0.29, 0.717) is 24.9 Å². The van der Waals surface area contributed by atoms with E-state index >= 15 is 0 Å². The molecule has 0 fully saturated rings. The summed E-state index contributed by atoms with van der Waals surface area (Å²) in [6.07, 6.45) is 0.838. The summed E-state index contributed by atoms with van der Waals surface area (Å²) in [7, 11) is 0. The average molecular weight is 505 g/mol. The lowest BCUT2D eigenvalue weighted by Crippen LogP contribution is -2.48. The molecular formula is C18H24IN3O6. The van der Waals surface area contributed by atoms with E-state index in [0.717, 1.165) is 3.57 Å². The van der Waals surface area contributed by atoms with Gasteiger partial charge in [-0.05, 0) is 66.5 Å². The van der Waals surface area contributed by atoms with Crippen LogP contribution in [0.2, 0.25) is 0 Å². The van der Waals surface area contributed by atoms with Crippen LogP contribution in [0.4, 0.5) is 0 Å². The molecule has 1 rings (SSSR count). The number of unbranched alkanes of at least 4 members (excludes halogenated alkanes) is 1. The molecule has 9 nitrogen and oxygen atoms in total. The second-order valence-corrected chi connectivity index (χ2v) is 7.45. The summed E-state index contributed by atoms with van der Waals surface area (Å²) in [5.74, 6) is -3.17. The van der Waals surface area contributed by atoms with E-state index < -0.39 is 29.9 Å². The van der Waals surface area contributed by atoms with Crippen molar-refractivity contribution in [2.24, 2.45) is 5.73 Å². The van der Waals surface area contributed by atoms with Gasteiger partial charge >= 0.3 is 11.9 Å². The van der Waals surface area contributed by atoms with E-state index in [9.17, 15) is 24.3 Å². The summed E-state index contributed by atoms with van der Waals surface area (Å²) in [6.45, 7) is 0.378. The standard InChI is InChI=1S/C18H24IN3O6/c19-12-5-3-4-11(10-12)16(25)21-9-2-1-6-14(18(27)28)22-17(26)13(20)7-8-15(23)24/h3-5,10,13-14H,1-2,6-9,20H2,(H,21,25)(H,22,26)(H,23,24)(H,27,28)/t13-,14-/m1/s1. The topological polar surface area (TPSA) is 159 Å². The van der Waals surface area contributed by atoms with Crippen LogP contribution in [0.15, 0.2) is 24.3 Å². The number of carboxylic acids is 2. The van der Waals surface area contributed by atoms with E-state index in [4.69, 9.17) is 10.8 Å². The normalized spacial score (nSPS) is 12.6. The van der Waals surface area contributed by atoms with Gasteiger partial charge in [0.1, 0.15) is 6.04 Å². The first-order valence-electron chi connectivity index (χ1n) is 8.75. The van der Waals surface area contributed by atoms with Crippen molar-refractivity contribution in [3.63, 3.8) is 0 Å². The van der Waals surface area contributed by atoms with Gasteiger partial charge in [0.15, 0.2) is 0 Å². The molecule has 0 aliphatic rings. The third kappa shape index (κ3) is 9.13. The number of hydrogen-bond donors (Lipinski definition) is 5. The molecule has 0 saturated carbocycles. The van der Waals surface area contributed by atoms with E-state index in [1.807, 2.05) is 6.07 Å². The highest BCUT2D eigenvalue weighted by Gasteiger charge is 2.23. The molecule has 10 heteroatoms. The maximum absolute atomic E-state index is 12.0. The number of nitrogens with one attached hydrogen (secondary N) is 2. The third-order valence-electron chi connectivity index (χ3n) is 3.91. The van der Waals surface area contributed by atoms with E-state index in [-0.39, 0.29) is 25.2 Å². The Kier molecular flexibility index (Phi) is 10.5. The molecule has 0 heterocycles. The van der Waals surface area contributed by atoms with Gasteiger partial charge in [-0.3, -0.25) is 14.4 Å². The van der Waals surface area contributed by atoms with Crippen LogP contribution in [0.5, 0.6) is 0 Å². The zero-order valence-electron chi connectivity index (χ0n) is 15.2. The first-order valence-corrected chi connectivity index (χ1v) is 9.83. The SMILES string of the molecule is N[C@H](CCC(=O)O)C(=O)N[C@H](CCCCNC(=O)c1cccc(I)c1)C(=O)O. The quantitative estimate of drug-likeness (QED) is 0.209. The Morgan fingerprint density at radius 3 is 2.43 bits per heavy atom. The molecule has 28 heavy (non-hydrogen) atoms. The van der Waals surface area contributed by atoms with Gasteiger partial charge in [-0.15, -0.1) is 0 Å². The van der Waals surface area contributed by atoms with Crippen LogP contribution in [-0.4, -0.2) is 52.6 Å². The summed E-state index contributed by atoms with van der Waals surface area (Å²) in [5.41, 5.74) is 6.13. The fourth-order valence-corrected chi connectivity index (χ4v) is 2.90. The summed E-state index contributed by atoms with van der Waals surface area (Å²) in [6, 6.07) is 4.95. The molecule has 0 spiro atoms. The maximum Gasteiger partial charge on any atom is 0.326 e. The van der Waals surface area contributed by atoms with E-state index in [1.54, 1.807) is 18.2 Å². The van der Waals surface area contributed by atoms with E-state index in [2.05, 4.69) is 33.2 Å². The molecule has 0 aliphatic carbocycles. The number of carboxylic acid groups (broad SMARTS) is 2. The largest absolute Gasteiger partial charge is 0.481 e. The van der Waals surface area contributed by atoms with Crippen LogP contribution in [0, 0.1) is 3.57 Å². The Morgan fingerprint density at radius 2 is 1.82 bits per heavy atom. The Hall–Kier alpha value is -2.21. The Labute approximate surface area is 176 Å². The Morgan fingerprint density at radius 1 is 1.11 bits per heavy atom. The fourth-order valence-electron chi connectivity index (χ4n) is 2.35. The predicted octanol–water partition coefficient (Wildman–Crippen LogP) is 0.953. The molecule has 6 N–H and O–H groups in total. The van der Waals surface area contributed by atoms with Gasteiger partial charge in [0.05, 0.1) is 6.04 Å². The van der Waals surface area contributed by atoms with Gasteiger partial charge in [0.25, 0.3) is 5.91 Å². The zero-order valence-corrected chi connectivity index (χ0v) is 17.3. The maximum atomic E-state index is 12.0. The second kappa shape index (κ2) is 12.3. The molecule has 0 aliphatic heterocycles. The van der Waals surface area contributed by atoms with Crippen molar-refractivity contribution < 1.29 is 29.4 Å². The van der Waals surface area contributed by atoms with Crippen LogP contribution >= 0.6 is 22.6 Å². The summed E-state index contributed by atoms with van der Waals surface area (Å²) in [4.78, 5) is 45.7. The predicted molar refractivity (Wildman–Crippen MR) is 110 cm³/mol. The Bertz CT molecular complexity index is 712. The number of amides is 2. The molecule has 2 amide bonds. The smallest absolute Gasteiger partial charge is 0.326 e. The molecule has 0 aromatic heterocycles. The van der Waals surface area contributed by atoms with Gasteiger partial charge in [-0.2, -0.15) is 0 Å². The molecule has 0 saturated heterocycles. The number of aliphatic carboxylic acids is 2. The number of carbonyl (C=O) groups is 4. The summed E-state index contributed by atoms with van der Waals surface area (Å²) in [5, 5.41) is 22.9. The van der Waals surface area contributed by atoms with Gasteiger partial charge < -0.3 is 26.6 Å². The molecule has 0 radical (unpaired) electrons. The van der Waals surface area contributed by atoms with Crippen LogP contribution in [-0.2, 0) is 14.4 Å². The summed E-state index contributed by atoms with van der Waals surface area (Å²) >= 11 is 2.12. The van der Waals surface area contributed by atoms with Crippen LogP contribution in [0.1, 0.15) is 42.5 Å². The van der Waals surface area contributed by atoms with Crippen molar-refractivity contribution in [1.29, 1.82) is 0 Å². The van der Waals surface area contributed by atoms with Crippen molar-refractivity contribution in [2.75, 3.05) is 6.54 Å². The zero-order chi connectivity index (χ0) is 21.1. The molecule has 2 atom stereocenters. The minimum atomic E-state index is -1.19. The number of halogens is 1. The first-order chi connectivity index (χ1) is 13.2. The fraction of sp³-hybridized carbons (Fsp3) is 0.444. The lowest BCUT2D eigenvalue weighted by molar-refractivity contribution is -0.142. The molecule has 1 aromatic carbocycles. The van der Waals surface area contributed by atoms with Crippen molar-refractivity contribution in [3.8, 4) is 0 Å². The highest BCUT2D eigenvalue weighted by atomic mass is 127. The van der Waals surface area contributed by atoms with Crippen molar-refractivity contribution >= 4 is 46.3 Å². The van der Waals surface area contributed by atoms with Crippen LogP contribution < -0.4 is 16.4 Å². The monoisotopic (exact) mass is 505 g/mol. The summed E-state index contributed by atoms with van der Waals surface area (Å²) < 4.78 is 0.951. The van der Waals surface area contributed by atoms with Gasteiger partial charge in [-0.25, -0.2) is 4.79 Å². The van der Waals surface area contributed by atoms with E-state index in [1.165, 1.54) is 0 Å². The molecule has 0 bridgehead atoms. The lowest BCUT2D eigenvalue weighted by atomic mass is 10.1. The van der Waals surface area contributed by atoms with Crippen molar-refractivity contribution in [3.05, 3.63) is 33.4 Å². The van der Waals surface area contributed by atoms with Gasteiger partial charge in [0.2, 0.25) is 5.91 Å². The van der Waals surface area contributed by atoms with Crippen LogP contribution in [0.25, 0.3) is 0 Å². The number of rotatable bonds is 12. The van der Waals surface area contributed by atoms with Crippen LogP contribution in [0.3, 0.4) is 0 Å². The third-order valence-corrected chi connectivity index (χ3v) is 4.58. The van der Waals surface area contributed by atoms with Gasteiger partial charge in [-0.1, -0.05) is 6.07 Å². The molecular weight excluding hydrogens is 481 g/mol. The first kappa shape index (κ1) is 23.8. The molecule has 154 valence electrons. The molecule has 0 unspecified atom stereocenters. The average Bonchev–Trinajstić information content (AvgIpc) is 2.64. The lowest BCUT2D eigenvalue weighted by Gasteiger charge is -2.17. The number of benzene rings is 1. The minimum Gasteiger partial charge on any atom is -0.481 e.